The number of carbonyl (C=O) groups excluding carboxylic acids is 2. The minimum Gasteiger partial charge on any atom is -0.477 e. The number of alkyl halides is 3. The number of nitrogens with one attached hydrogen (secondary N) is 1. The maximum Gasteiger partial charge on any atom is 0.495 e. The van der Waals surface area contributed by atoms with Crippen LogP contribution in [0.1, 0.15) is 80.1 Å². The van der Waals surface area contributed by atoms with Gasteiger partial charge in [-0.25, -0.2) is 29.0 Å². The number of benzene rings is 1. The standard InChI is InChI=1S/C34H37F3N6O5/c1-32(2,19-38)24-13-22(14-25(17-24)33(3,4)20-39)23(16-29(44)47-48-31(45)34(35,36)37)15-27-18-28(43(5)42-27)46-12-10-26-9-8-21-7-6-11-40-30(21)41-26/h8-9,13-14,17-18,23H,6-7,10-12,15-16H2,1-5H3,(H,40,41). The van der Waals surface area contributed by atoms with Gasteiger partial charge in [0.25, 0.3) is 0 Å². The Labute approximate surface area is 276 Å². The molecule has 0 spiro atoms. The highest BCUT2D eigenvalue weighted by Gasteiger charge is 2.43. The maximum absolute atomic E-state index is 12.7. The van der Waals surface area contributed by atoms with Crippen LogP contribution in [0.15, 0.2) is 36.4 Å². The predicted octanol–water partition coefficient (Wildman–Crippen LogP) is 5.68. The number of rotatable bonds is 11. The largest absolute Gasteiger partial charge is 0.495 e. The molecule has 3 heterocycles. The van der Waals surface area contributed by atoms with Crippen LogP contribution >= 0.6 is 0 Å². The fourth-order valence-electron chi connectivity index (χ4n) is 5.18. The molecule has 0 aliphatic carbocycles. The first-order chi connectivity index (χ1) is 22.5. The van der Waals surface area contributed by atoms with E-state index in [9.17, 15) is 33.3 Å². The predicted molar refractivity (Wildman–Crippen MR) is 166 cm³/mol. The Morgan fingerprint density at radius 3 is 2.29 bits per heavy atom. The molecule has 0 radical (unpaired) electrons. The third-order valence-electron chi connectivity index (χ3n) is 8.19. The van der Waals surface area contributed by atoms with Crippen LogP contribution in [0.4, 0.5) is 19.0 Å². The van der Waals surface area contributed by atoms with Crippen LogP contribution in [0.5, 0.6) is 5.88 Å². The molecule has 3 aromatic rings. The van der Waals surface area contributed by atoms with Crippen molar-refractivity contribution < 1.29 is 37.3 Å². The van der Waals surface area contributed by atoms with Gasteiger partial charge in [0.2, 0.25) is 5.88 Å². The third-order valence-corrected chi connectivity index (χ3v) is 8.19. The number of pyridine rings is 1. The van der Waals surface area contributed by atoms with E-state index in [2.05, 4.69) is 43.4 Å². The van der Waals surface area contributed by atoms with Gasteiger partial charge in [0.05, 0.1) is 41.7 Å². The minimum atomic E-state index is -5.36. The highest BCUT2D eigenvalue weighted by molar-refractivity contribution is 5.77. The van der Waals surface area contributed by atoms with E-state index in [-0.39, 0.29) is 6.42 Å². The number of hydrogen-bond acceptors (Lipinski definition) is 10. The highest BCUT2D eigenvalue weighted by Crippen LogP contribution is 2.35. The lowest BCUT2D eigenvalue weighted by molar-refractivity contribution is -0.286. The number of ether oxygens (including phenoxy) is 1. The summed E-state index contributed by atoms with van der Waals surface area (Å²) in [5.41, 5.74) is 2.21. The van der Waals surface area contributed by atoms with Crippen LogP contribution in [0, 0.1) is 22.7 Å². The molecule has 1 aliphatic heterocycles. The second kappa shape index (κ2) is 14.3. The molecular formula is C34H37F3N6O5. The fourth-order valence-corrected chi connectivity index (χ4v) is 5.18. The minimum absolute atomic E-state index is 0.0838. The van der Waals surface area contributed by atoms with Crippen LogP contribution in [0.2, 0.25) is 0 Å². The van der Waals surface area contributed by atoms with Crippen LogP contribution in [-0.4, -0.2) is 46.0 Å². The van der Waals surface area contributed by atoms with Crippen molar-refractivity contribution in [3.8, 4) is 18.0 Å². The molecule has 1 atom stereocenters. The summed E-state index contributed by atoms with van der Waals surface area (Å²) in [5, 5.41) is 27.6. The molecule has 0 saturated carbocycles. The molecule has 0 amide bonds. The average molecular weight is 667 g/mol. The Morgan fingerprint density at radius 1 is 1.00 bits per heavy atom. The molecule has 0 saturated heterocycles. The maximum atomic E-state index is 12.7. The summed E-state index contributed by atoms with van der Waals surface area (Å²) in [7, 11) is 1.68. The summed E-state index contributed by atoms with van der Waals surface area (Å²) in [4.78, 5) is 36.5. The first kappa shape index (κ1) is 35.7. The van der Waals surface area contributed by atoms with Crippen molar-refractivity contribution in [1.82, 2.24) is 14.8 Å². The zero-order valence-corrected chi connectivity index (χ0v) is 27.4. The summed E-state index contributed by atoms with van der Waals surface area (Å²) in [5.74, 6) is -3.35. The monoisotopic (exact) mass is 666 g/mol. The van der Waals surface area contributed by atoms with Crippen molar-refractivity contribution in [2.75, 3.05) is 18.5 Å². The van der Waals surface area contributed by atoms with Crippen molar-refractivity contribution in [3.63, 3.8) is 0 Å². The van der Waals surface area contributed by atoms with Gasteiger partial charge in [0.15, 0.2) is 0 Å². The summed E-state index contributed by atoms with van der Waals surface area (Å²) in [6.07, 6.45) is -3.19. The number of nitrogens with zero attached hydrogens (tertiary/aromatic N) is 5. The van der Waals surface area contributed by atoms with E-state index in [0.29, 0.717) is 41.3 Å². The molecular weight excluding hydrogens is 629 g/mol. The van der Waals surface area contributed by atoms with Crippen molar-refractivity contribution in [2.45, 2.75) is 82.7 Å². The number of fused-ring (bicyclic) bond motifs is 1. The molecule has 14 heteroatoms. The van der Waals surface area contributed by atoms with Crippen molar-refractivity contribution in [2.24, 2.45) is 7.05 Å². The summed E-state index contributed by atoms with van der Waals surface area (Å²) >= 11 is 0. The number of aromatic nitrogens is 3. The highest BCUT2D eigenvalue weighted by atomic mass is 19.4. The van der Waals surface area contributed by atoms with Crippen molar-refractivity contribution >= 4 is 17.8 Å². The lowest BCUT2D eigenvalue weighted by Crippen LogP contribution is -2.27. The van der Waals surface area contributed by atoms with Gasteiger partial charge in [-0.2, -0.15) is 28.8 Å². The number of nitriles is 2. The second-order valence-corrected chi connectivity index (χ2v) is 12.8. The van der Waals surface area contributed by atoms with Crippen LogP contribution in [0.3, 0.4) is 0 Å². The normalized spacial score (nSPS) is 13.7. The summed E-state index contributed by atoms with van der Waals surface area (Å²) < 4.78 is 45.4. The zero-order chi connectivity index (χ0) is 35.3. The van der Waals surface area contributed by atoms with E-state index in [4.69, 9.17) is 4.74 Å². The molecule has 0 fully saturated rings. The molecule has 0 bridgehead atoms. The first-order valence-electron chi connectivity index (χ1n) is 15.4. The zero-order valence-electron chi connectivity index (χ0n) is 27.4. The SMILES string of the molecule is Cn1nc(CC(CC(=O)OOC(=O)C(F)(F)F)c2cc(C(C)(C)C#N)cc(C(C)(C)C#N)c2)cc1OCCc1ccc2c(n1)NCCC2. The van der Waals surface area contributed by atoms with E-state index in [1.54, 1.807) is 59.0 Å². The smallest absolute Gasteiger partial charge is 0.477 e. The second-order valence-electron chi connectivity index (χ2n) is 12.8. The Kier molecular flexibility index (Phi) is 10.7. The molecule has 11 nitrogen and oxygen atoms in total. The fraction of sp³-hybridized carbons (Fsp3) is 0.471. The van der Waals surface area contributed by atoms with Crippen LogP contribution in [0.25, 0.3) is 0 Å². The van der Waals surface area contributed by atoms with E-state index in [0.717, 1.165) is 30.9 Å². The number of halogens is 3. The number of carbonyl (C=O) groups is 2. The Morgan fingerprint density at radius 2 is 1.67 bits per heavy atom. The van der Waals surface area contributed by atoms with E-state index < -0.39 is 41.3 Å². The van der Waals surface area contributed by atoms with E-state index in [1.165, 1.54) is 10.2 Å². The van der Waals surface area contributed by atoms with Crippen molar-refractivity contribution in [3.05, 3.63) is 70.0 Å². The van der Waals surface area contributed by atoms with Crippen molar-refractivity contribution in [1.29, 1.82) is 10.5 Å². The van der Waals surface area contributed by atoms with Crippen LogP contribution in [-0.2, 0) is 56.5 Å². The topological polar surface area (TPSA) is 152 Å². The Balaban J connectivity index is 1.59. The lowest BCUT2D eigenvalue weighted by Gasteiger charge is -2.25. The molecule has 1 aromatic carbocycles. The summed E-state index contributed by atoms with van der Waals surface area (Å²) in [6, 6.07) is 15.4. The van der Waals surface area contributed by atoms with E-state index in [1.807, 2.05) is 6.07 Å². The van der Waals surface area contributed by atoms with Gasteiger partial charge in [-0.15, -0.1) is 0 Å². The average Bonchev–Trinajstić information content (AvgIpc) is 3.40. The van der Waals surface area contributed by atoms with Gasteiger partial charge in [0, 0.05) is 37.7 Å². The van der Waals surface area contributed by atoms with Gasteiger partial charge in [-0.05, 0) is 75.3 Å². The molecule has 48 heavy (non-hydrogen) atoms. The number of anilines is 1. The van der Waals surface area contributed by atoms with Gasteiger partial charge in [0.1, 0.15) is 5.82 Å². The van der Waals surface area contributed by atoms with Gasteiger partial charge < -0.3 is 10.1 Å². The van der Waals surface area contributed by atoms with Crippen LogP contribution < -0.4 is 10.1 Å². The Hall–Kier alpha value is -5.11. The number of aryl methyl sites for hydroxylation is 2. The molecule has 1 unspecified atom stereocenters. The Bertz CT molecular complexity index is 1710. The molecule has 4 rings (SSSR count). The van der Waals surface area contributed by atoms with Gasteiger partial charge >= 0.3 is 18.1 Å². The molecule has 2 aromatic heterocycles. The third kappa shape index (κ3) is 8.82. The quantitative estimate of drug-likeness (QED) is 0.200. The summed E-state index contributed by atoms with van der Waals surface area (Å²) in [6.45, 7) is 8.00. The lowest BCUT2D eigenvalue weighted by atomic mass is 9.77. The van der Waals surface area contributed by atoms with Gasteiger partial charge in [-0.3, -0.25) is 0 Å². The molecule has 1 N–H and O–H groups in total. The van der Waals surface area contributed by atoms with Gasteiger partial charge in [-0.1, -0.05) is 24.3 Å². The molecule has 1 aliphatic rings. The number of hydrogen-bond donors (Lipinski definition) is 1. The molecule has 254 valence electrons. The van der Waals surface area contributed by atoms with E-state index >= 15 is 0 Å². The first-order valence-corrected chi connectivity index (χ1v) is 15.4.